The molecular formula is C14H22N4O2. The fraction of sp³-hybridized carbons (Fsp3) is 0.643. The van der Waals surface area contributed by atoms with Crippen LogP contribution in [0.3, 0.4) is 0 Å². The van der Waals surface area contributed by atoms with Gasteiger partial charge in [-0.3, -0.25) is 4.90 Å². The Morgan fingerprint density at radius 1 is 1.45 bits per heavy atom. The fourth-order valence-corrected chi connectivity index (χ4v) is 2.34. The first-order valence-electron chi connectivity index (χ1n) is 6.92. The van der Waals surface area contributed by atoms with Gasteiger partial charge in [0.15, 0.2) is 0 Å². The summed E-state index contributed by atoms with van der Waals surface area (Å²) in [5, 5.41) is 0. The first kappa shape index (κ1) is 14.9. The van der Waals surface area contributed by atoms with E-state index in [0.29, 0.717) is 17.9 Å². The quantitative estimate of drug-likeness (QED) is 0.765. The van der Waals surface area contributed by atoms with Crippen molar-refractivity contribution in [1.29, 1.82) is 0 Å². The topological polar surface area (TPSA) is 58.6 Å². The van der Waals surface area contributed by atoms with Crippen LogP contribution in [-0.4, -0.2) is 66.1 Å². The molecule has 0 saturated carbocycles. The third-order valence-corrected chi connectivity index (χ3v) is 3.64. The van der Waals surface area contributed by atoms with Gasteiger partial charge < -0.3 is 9.64 Å². The number of carbonyl (C=O) groups excluding carboxylic acids is 1. The summed E-state index contributed by atoms with van der Waals surface area (Å²) in [6.07, 6.45) is 1.58. The lowest BCUT2D eigenvalue weighted by molar-refractivity contribution is 0.0524. The third kappa shape index (κ3) is 3.13. The van der Waals surface area contributed by atoms with Crippen molar-refractivity contribution in [2.45, 2.75) is 19.9 Å². The van der Waals surface area contributed by atoms with Crippen molar-refractivity contribution in [1.82, 2.24) is 19.8 Å². The molecule has 0 radical (unpaired) electrons. The Bertz CT molecular complexity index is 492. The smallest absolute Gasteiger partial charge is 0.341 e. The molecule has 1 aliphatic rings. The van der Waals surface area contributed by atoms with Gasteiger partial charge in [0.2, 0.25) is 0 Å². The van der Waals surface area contributed by atoms with E-state index >= 15 is 0 Å². The second kappa shape index (κ2) is 6.28. The maximum atomic E-state index is 11.7. The van der Waals surface area contributed by atoms with E-state index in [9.17, 15) is 4.79 Å². The highest BCUT2D eigenvalue weighted by atomic mass is 16.5. The van der Waals surface area contributed by atoms with Crippen LogP contribution in [0.2, 0.25) is 0 Å². The Morgan fingerprint density at radius 3 is 2.85 bits per heavy atom. The number of carbonyl (C=O) groups is 1. The highest BCUT2D eigenvalue weighted by molar-refractivity contribution is 5.90. The minimum absolute atomic E-state index is 0.170. The number of esters is 1. The first-order chi connectivity index (χ1) is 9.52. The summed E-state index contributed by atoms with van der Waals surface area (Å²) in [7, 11) is 4.18. The SMILES string of the molecule is CCOC(=O)c1cnc(C2CN(C)CCN2C)nc1C. The second-order valence-corrected chi connectivity index (χ2v) is 5.21. The standard InChI is InChI=1S/C14H22N4O2/c1-5-20-14(19)11-8-15-13(16-10(11)2)12-9-17(3)6-7-18(12)4/h8,12H,5-7,9H2,1-4H3. The molecule has 1 saturated heterocycles. The third-order valence-electron chi connectivity index (χ3n) is 3.64. The minimum Gasteiger partial charge on any atom is -0.462 e. The predicted octanol–water partition coefficient (Wildman–Crippen LogP) is 0.880. The van der Waals surface area contributed by atoms with E-state index in [1.54, 1.807) is 13.1 Å². The van der Waals surface area contributed by atoms with Crippen LogP contribution >= 0.6 is 0 Å². The molecule has 0 spiro atoms. The Labute approximate surface area is 119 Å². The van der Waals surface area contributed by atoms with Crippen molar-refractivity contribution in [3.05, 3.63) is 23.3 Å². The Balaban J connectivity index is 2.22. The number of hydrogen-bond donors (Lipinski definition) is 0. The molecule has 110 valence electrons. The number of piperazine rings is 1. The lowest BCUT2D eigenvalue weighted by Crippen LogP contribution is -2.45. The van der Waals surface area contributed by atoms with Crippen LogP contribution in [0.15, 0.2) is 6.20 Å². The van der Waals surface area contributed by atoms with E-state index < -0.39 is 0 Å². The van der Waals surface area contributed by atoms with Crippen molar-refractivity contribution in [3.63, 3.8) is 0 Å². The summed E-state index contributed by atoms with van der Waals surface area (Å²) in [5.41, 5.74) is 1.12. The molecule has 0 amide bonds. The molecule has 0 bridgehead atoms. The molecule has 1 aromatic heterocycles. The highest BCUT2D eigenvalue weighted by Gasteiger charge is 2.26. The van der Waals surface area contributed by atoms with Crippen LogP contribution in [0.4, 0.5) is 0 Å². The molecule has 0 aromatic carbocycles. The molecule has 2 heterocycles. The van der Waals surface area contributed by atoms with Crippen LogP contribution < -0.4 is 0 Å². The fourth-order valence-electron chi connectivity index (χ4n) is 2.34. The number of aryl methyl sites for hydroxylation is 1. The molecule has 6 nitrogen and oxygen atoms in total. The molecule has 6 heteroatoms. The summed E-state index contributed by atoms with van der Waals surface area (Å²) in [6, 6.07) is 0.170. The predicted molar refractivity (Wildman–Crippen MR) is 75.6 cm³/mol. The lowest BCUT2D eigenvalue weighted by Gasteiger charge is -2.36. The van der Waals surface area contributed by atoms with Crippen LogP contribution in [0, 0.1) is 6.92 Å². The zero-order valence-corrected chi connectivity index (χ0v) is 12.6. The van der Waals surface area contributed by atoms with Crippen molar-refractivity contribution in [2.24, 2.45) is 0 Å². The van der Waals surface area contributed by atoms with Crippen LogP contribution in [0.1, 0.15) is 34.8 Å². The summed E-state index contributed by atoms with van der Waals surface area (Å²) < 4.78 is 4.99. The van der Waals surface area contributed by atoms with Crippen molar-refractivity contribution in [2.75, 3.05) is 40.3 Å². The summed E-state index contributed by atoms with van der Waals surface area (Å²) in [4.78, 5) is 25.1. The molecule has 0 aliphatic carbocycles. The minimum atomic E-state index is -0.356. The largest absolute Gasteiger partial charge is 0.462 e. The number of likely N-dealkylation sites (N-methyl/N-ethyl adjacent to an activating group) is 2. The Morgan fingerprint density at radius 2 is 2.20 bits per heavy atom. The Kier molecular flexibility index (Phi) is 4.67. The second-order valence-electron chi connectivity index (χ2n) is 5.21. The maximum Gasteiger partial charge on any atom is 0.341 e. The molecule has 1 atom stereocenters. The van der Waals surface area contributed by atoms with Gasteiger partial charge in [-0.25, -0.2) is 14.8 Å². The van der Waals surface area contributed by atoms with Gasteiger partial charge in [0.05, 0.1) is 23.9 Å². The normalized spacial score (nSPS) is 20.9. The van der Waals surface area contributed by atoms with E-state index in [0.717, 1.165) is 25.5 Å². The van der Waals surface area contributed by atoms with Crippen molar-refractivity contribution in [3.8, 4) is 0 Å². The number of hydrogen-bond acceptors (Lipinski definition) is 6. The molecule has 1 unspecified atom stereocenters. The van der Waals surface area contributed by atoms with E-state index in [2.05, 4.69) is 33.9 Å². The average Bonchev–Trinajstić information content (AvgIpc) is 2.41. The van der Waals surface area contributed by atoms with E-state index in [1.165, 1.54) is 0 Å². The molecule has 1 aliphatic heterocycles. The molecular weight excluding hydrogens is 256 g/mol. The number of ether oxygens (including phenoxy) is 1. The molecule has 1 fully saturated rings. The van der Waals surface area contributed by atoms with Crippen LogP contribution in [0.5, 0.6) is 0 Å². The van der Waals surface area contributed by atoms with Crippen molar-refractivity contribution < 1.29 is 9.53 Å². The van der Waals surface area contributed by atoms with Gasteiger partial charge in [-0.15, -0.1) is 0 Å². The maximum absolute atomic E-state index is 11.7. The van der Waals surface area contributed by atoms with Gasteiger partial charge in [0.25, 0.3) is 0 Å². The molecule has 1 aromatic rings. The number of rotatable bonds is 3. The van der Waals surface area contributed by atoms with Gasteiger partial charge in [-0.05, 0) is 27.9 Å². The zero-order chi connectivity index (χ0) is 14.7. The van der Waals surface area contributed by atoms with E-state index in [-0.39, 0.29) is 12.0 Å². The van der Waals surface area contributed by atoms with Gasteiger partial charge in [0.1, 0.15) is 5.82 Å². The number of nitrogens with zero attached hydrogens (tertiary/aromatic N) is 4. The summed E-state index contributed by atoms with van der Waals surface area (Å²) in [5.74, 6) is 0.412. The highest BCUT2D eigenvalue weighted by Crippen LogP contribution is 2.21. The van der Waals surface area contributed by atoms with Crippen molar-refractivity contribution >= 4 is 5.97 Å². The van der Waals surface area contributed by atoms with Gasteiger partial charge in [-0.2, -0.15) is 0 Å². The van der Waals surface area contributed by atoms with Gasteiger partial charge in [0, 0.05) is 25.8 Å². The zero-order valence-electron chi connectivity index (χ0n) is 12.6. The van der Waals surface area contributed by atoms with Gasteiger partial charge in [-0.1, -0.05) is 0 Å². The van der Waals surface area contributed by atoms with Gasteiger partial charge >= 0.3 is 5.97 Å². The summed E-state index contributed by atoms with van der Waals surface area (Å²) in [6.45, 7) is 6.90. The first-order valence-corrected chi connectivity index (χ1v) is 6.92. The average molecular weight is 278 g/mol. The molecule has 0 N–H and O–H groups in total. The van der Waals surface area contributed by atoms with E-state index in [1.807, 2.05) is 6.92 Å². The molecule has 20 heavy (non-hydrogen) atoms. The van der Waals surface area contributed by atoms with Crippen LogP contribution in [-0.2, 0) is 4.74 Å². The monoisotopic (exact) mass is 278 g/mol. The van der Waals surface area contributed by atoms with E-state index in [4.69, 9.17) is 4.74 Å². The Hall–Kier alpha value is -1.53. The number of aromatic nitrogens is 2. The molecule has 2 rings (SSSR count). The lowest BCUT2D eigenvalue weighted by atomic mass is 10.1. The summed E-state index contributed by atoms with van der Waals surface area (Å²) >= 11 is 0. The van der Waals surface area contributed by atoms with Crippen LogP contribution in [0.25, 0.3) is 0 Å².